The first kappa shape index (κ1) is 18.8. The van der Waals surface area contributed by atoms with E-state index in [0.29, 0.717) is 31.9 Å². The summed E-state index contributed by atoms with van der Waals surface area (Å²) in [5, 5.41) is 11.4. The maximum atomic E-state index is 13.3. The van der Waals surface area contributed by atoms with Crippen molar-refractivity contribution in [1.82, 2.24) is 14.9 Å². The van der Waals surface area contributed by atoms with Crippen molar-refractivity contribution in [2.24, 2.45) is 15.4 Å². The highest BCUT2D eigenvalue weighted by Gasteiger charge is 2.19. The third-order valence-electron chi connectivity index (χ3n) is 4.53. The van der Waals surface area contributed by atoms with Gasteiger partial charge in [0, 0.05) is 50.3 Å². The molecular weight excluding hydrogens is 347 g/mol. The van der Waals surface area contributed by atoms with Gasteiger partial charge in [0.05, 0.1) is 5.71 Å². The molecule has 7 nitrogen and oxygen atoms in total. The molecule has 140 valence electrons. The summed E-state index contributed by atoms with van der Waals surface area (Å²) >= 11 is 0. The summed E-state index contributed by atoms with van der Waals surface area (Å²) in [6.07, 6.45) is 3.96. The Hall–Kier alpha value is -3.03. The minimum absolute atomic E-state index is 0.00706. The topological polar surface area (TPSA) is 83.2 Å². The fourth-order valence-corrected chi connectivity index (χ4v) is 2.96. The summed E-state index contributed by atoms with van der Waals surface area (Å²) in [6.45, 7) is 5.06. The van der Waals surface area contributed by atoms with Crippen molar-refractivity contribution >= 4 is 11.6 Å². The molecule has 0 saturated carbocycles. The zero-order valence-corrected chi connectivity index (χ0v) is 15.3. The van der Waals surface area contributed by atoms with Gasteiger partial charge in [-0.05, 0) is 29.8 Å². The Labute approximate surface area is 157 Å². The van der Waals surface area contributed by atoms with Gasteiger partial charge >= 0.3 is 0 Å². The highest BCUT2D eigenvalue weighted by Crippen LogP contribution is 2.22. The second-order valence-electron chi connectivity index (χ2n) is 6.33. The number of aromatic nitrogens is 2. The molecule has 3 rings (SSSR count). The average Bonchev–Trinajstić information content (AvgIpc) is 3.21. The number of amides is 1. The minimum atomic E-state index is -0.287. The molecule has 0 bridgehead atoms. The van der Waals surface area contributed by atoms with E-state index in [1.54, 1.807) is 36.4 Å². The van der Waals surface area contributed by atoms with E-state index in [1.807, 2.05) is 6.92 Å². The Bertz CT molecular complexity index is 848. The van der Waals surface area contributed by atoms with E-state index in [4.69, 9.17) is 0 Å². The number of carbonyl (C=O) groups is 1. The van der Waals surface area contributed by atoms with Gasteiger partial charge in [-0.25, -0.2) is 14.4 Å². The summed E-state index contributed by atoms with van der Waals surface area (Å²) in [4.78, 5) is 22.5. The van der Waals surface area contributed by atoms with Crippen molar-refractivity contribution in [3.63, 3.8) is 0 Å². The Balaban J connectivity index is 1.79. The SMILES string of the molecule is CCN(CC(Cc1ncc(C2=NN=NC2)cn1)c1ccc(F)cc1)C(C)=O. The number of rotatable bonds is 7. The van der Waals surface area contributed by atoms with Gasteiger partial charge in [-0.1, -0.05) is 12.1 Å². The zero-order valence-electron chi connectivity index (χ0n) is 15.3. The van der Waals surface area contributed by atoms with Gasteiger partial charge in [0.25, 0.3) is 0 Å². The average molecular weight is 368 g/mol. The van der Waals surface area contributed by atoms with Gasteiger partial charge in [-0.3, -0.25) is 4.79 Å². The van der Waals surface area contributed by atoms with Crippen LogP contribution in [0.15, 0.2) is 52.1 Å². The Morgan fingerprint density at radius 3 is 2.48 bits per heavy atom. The molecule has 2 heterocycles. The van der Waals surface area contributed by atoms with Gasteiger partial charge in [-0.2, -0.15) is 5.11 Å². The van der Waals surface area contributed by atoms with Crippen molar-refractivity contribution in [3.05, 3.63) is 59.4 Å². The van der Waals surface area contributed by atoms with Crippen LogP contribution in [-0.4, -0.2) is 46.1 Å². The molecule has 8 heteroatoms. The van der Waals surface area contributed by atoms with Crippen LogP contribution in [-0.2, 0) is 11.2 Å². The number of hydrogen-bond acceptors (Lipinski definition) is 6. The summed E-state index contributed by atoms with van der Waals surface area (Å²) in [5.41, 5.74) is 2.48. The fraction of sp³-hybridized carbons (Fsp3) is 0.368. The number of nitrogens with zero attached hydrogens (tertiary/aromatic N) is 6. The van der Waals surface area contributed by atoms with E-state index in [0.717, 1.165) is 16.8 Å². The summed E-state index contributed by atoms with van der Waals surface area (Å²) < 4.78 is 13.3. The highest BCUT2D eigenvalue weighted by atomic mass is 19.1. The zero-order chi connectivity index (χ0) is 19.2. The van der Waals surface area contributed by atoms with Crippen molar-refractivity contribution in [2.45, 2.75) is 26.2 Å². The van der Waals surface area contributed by atoms with Crippen LogP contribution in [0.4, 0.5) is 4.39 Å². The van der Waals surface area contributed by atoms with Gasteiger partial charge < -0.3 is 4.90 Å². The van der Waals surface area contributed by atoms with Crippen LogP contribution in [0, 0.1) is 5.82 Å². The summed E-state index contributed by atoms with van der Waals surface area (Å²) in [5.74, 6) is 0.340. The molecule has 1 aliphatic heterocycles. The van der Waals surface area contributed by atoms with Crippen molar-refractivity contribution in [1.29, 1.82) is 0 Å². The molecule has 1 amide bonds. The standard InChI is InChI=1S/C19H21FN6O/c1-3-26(13(2)27)12-15(14-4-6-17(20)7-5-14)8-19-21-9-16(10-22-19)18-11-23-25-24-18/h4-7,9-10,15H,3,8,11-12H2,1-2H3. The van der Waals surface area contributed by atoms with Crippen LogP contribution in [0.25, 0.3) is 0 Å². The number of benzene rings is 1. The third-order valence-corrected chi connectivity index (χ3v) is 4.53. The molecule has 0 fully saturated rings. The predicted octanol–water partition coefficient (Wildman–Crippen LogP) is 2.98. The summed E-state index contributed by atoms with van der Waals surface area (Å²) in [7, 11) is 0. The van der Waals surface area contributed by atoms with E-state index in [1.165, 1.54) is 12.1 Å². The minimum Gasteiger partial charge on any atom is -0.343 e. The normalized spacial score (nSPS) is 14.1. The van der Waals surface area contributed by atoms with Crippen LogP contribution in [0.2, 0.25) is 0 Å². The Morgan fingerprint density at radius 2 is 1.93 bits per heavy atom. The van der Waals surface area contributed by atoms with E-state index in [9.17, 15) is 9.18 Å². The highest BCUT2D eigenvalue weighted by molar-refractivity contribution is 6.02. The molecule has 1 aromatic heterocycles. The lowest BCUT2D eigenvalue weighted by Crippen LogP contribution is -2.33. The van der Waals surface area contributed by atoms with E-state index in [2.05, 4.69) is 25.4 Å². The van der Waals surface area contributed by atoms with Crippen molar-refractivity contribution in [3.8, 4) is 0 Å². The lowest BCUT2D eigenvalue weighted by Gasteiger charge is -2.26. The first-order chi connectivity index (χ1) is 13.1. The fourth-order valence-electron chi connectivity index (χ4n) is 2.96. The lowest BCUT2D eigenvalue weighted by molar-refractivity contribution is -0.128. The molecular formula is C19H21FN6O. The molecule has 0 radical (unpaired) electrons. The number of carbonyl (C=O) groups excluding carboxylic acids is 1. The molecule has 1 aliphatic rings. The molecule has 0 N–H and O–H groups in total. The van der Waals surface area contributed by atoms with E-state index in [-0.39, 0.29) is 17.6 Å². The van der Waals surface area contributed by atoms with Crippen molar-refractivity contribution in [2.75, 3.05) is 19.6 Å². The molecule has 2 aromatic rings. The second-order valence-corrected chi connectivity index (χ2v) is 6.33. The molecule has 27 heavy (non-hydrogen) atoms. The summed E-state index contributed by atoms with van der Waals surface area (Å²) in [6, 6.07) is 6.36. The number of likely N-dealkylation sites (N-methyl/N-ethyl adjacent to an activating group) is 1. The number of hydrogen-bond donors (Lipinski definition) is 0. The quantitative estimate of drug-likeness (QED) is 0.753. The van der Waals surface area contributed by atoms with Crippen LogP contribution in [0.5, 0.6) is 0 Å². The Kier molecular flexibility index (Phi) is 5.95. The van der Waals surface area contributed by atoms with E-state index < -0.39 is 0 Å². The smallest absolute Gasteiger partial charge is 0.219 e. The predicted molar refractivity (Wildman–Crippen MR) is 99.1 cm³/mol. The first-order valence-electron chi connectivity index (χ1n) is 8.82. The van der Waals surface area contributed by atoms with Crippen molar-refractivity contribution < 1.29 is 9.18 Å². The first-order valence-corrected chi connectivity index (χ1v) is 8.82. The van der Waals surface area contributed by atoms with Gasteiger partial charge in [0.15, 0.2) is 0 Å². The van der Waals surface area contributed by atoms with Crippen LogP contribution < -0.4 is 0 Å². The molecule has 1 unspecified atom stereocenters. The molecule has 1 atom stereocenters. The van der Waals surface area contributed by atoms with Gasteiger partial charge in [-0.15, -0.1) is 5.10 Å². The second kappa shape index (κ2) is 8.57. The van der Waals surface area contributed by atoms with E-state index >= 15 is 0 Å². The molecule has 0 saturated heterocycles. The largest absolute Gasteiger partial charge is 0.343 e. The van der Waals surface area contributed by atoms with Gasteiger partial charge in [0.1, 0.15) is 18.2 Å². The van der Waals surface area contributed by atoms with Gasteiger partial charge in [0.2, 0.25) is 5.91 Å². The van der Waals surface area contributed by atoms with Crippen LogP contribution in [0.1, 0.15) is 36.7 Å². The maximum Gasteiger partial charge on any atom is 0.219 e. The number of halogens is 1. The molecule has 1 aromatic carbocycles. The lowest BCUT2D eigenvalue weighted by atomic mass is 9.94. The maximum absolute atomic E-state index is 13.3. The van der Waals surface area contributed by atoms with Crippen LogP contribution >= 0.6 is 0 Å². The Morgan fingerprint density at radius 1 is 1.22 bits per heavy atom. The molecule has 0 spiro atoms. The monoisotopic (exact) mass is 368 g/mol. The van der Waals surface area contributed by atoms with Crippen LogP contribution in [0.3, 0.4) is 0 Å². The third kappa shape index (κ3) is 4.78. The molecule has 0 aliphatic carbocycles.